The predicted octanol–water partition coefficient (Wildman–Crippen LogP) is 2.53. The summed E-state index contributed by atoms with van der Waals surface area (Å²) in [7, 11) is 0. The Balaban J connectivity index is 2.81. The molecule has 1 rings (SSSR count). The van der Waals surface area contributed by atoms with Crippen molar-refractivity contribution in [1.29, 1.82) is 0 Å². The van der Waals surface area contributed by atoms with E-state index < -0.39 is 0 Å². The third-order valence-corrected chi connectivity index (χ3v) is 3.30. The summed E-state index contributed by atoms with van der Waals surface area (Å²) in [6.07, 6.45) is 0.975. The number of nitrogens with two attached hydrogens (primary N) is 1. The van der Waals surface area contributed by atoms with Gasteiger partial charge in [-0.05, 0) is 28.9 Å². The van der Waals surface area contributed by atoms with Gasteiger partial charge in [-0.25, -0.2) is 4.98 Å². The average molecular weight is 249 g/mol. The number of hydrogen-bond acceptors (Lipinski definition) is 3. The van der Waals surface area contributed by atoms with Gasteiger partial charge in [-0.15, -0.1) is 11.3 Å². The van der Waals surface area contributed by atoms with Crippen molar-refractivity contribution in [1.82, 2.24) is 4.98 Å². The van der Waals surface area contributed by atoms with Gasteiger partial charge in [0.2, 0.25) is 0 Å². The molecule has 1 aromatic rings. The highest BCUT2D eigenvalue weighted by molar-refractivity contribution is 9.11. The number of rotatable bonds is 3. The van der Waals surface area contributed by atoms with Gasteiger partial charge < -0.3 is 5.73 Å². The Morgan fingerprint density at radius 1 is 1.67 bits per heavy atom. The summed E-state index contributed by atoms with van der Waals surface area (Å²) in [5.74, 6) is 0. The molecular formula is C8H13BrN2S. The van der Waals surface area contributed by atoms with Crippen LogP contribution in [0.5, 0.6) is 0 Å². The summed E-state index contributed by atoms with van der Waals surface area (Å²) in [5.41, 5.74) is 6.76. The van der Waals surface area contributed by atoms with Crippen molar-refractivity contribution in [2.24, 2.45) is 5.73 Å². The monoisotopic (exact) mass is 248 g/mol. The van der Waals surface area contributed by atoms with Crippen LogP contribution in [0.2, 0.25) is 0 Å². The van der Waals surface area contributed by atoms with Crippen molar-refractivity contribution in [3.8, 4) is 0 Å². The first-order chi connectivity index (χ1) is 5.56. The van der Waals surface area contributed by atoms with E-state index in [9.17, 15) is 0 Å². The highest BCUT2D eigenvalue weighted by atomic mass is 79.9. The highest BCUT2D eigenvalue weighted by Crippen LogP contribution is 2.29. The highest BCUT2D eigenvalue weighted by Gasteiger charge is 2.22. The Kier molecular flexibility index (Phi) is 3.26. The van der Waals surface area contributed by atoms with Crippen LogP contribution in [-0.2, 0) is 5.41 Å². The fraction of sp³-hybridized carbons (Fsp3) is 0.625. The second kappa shape index (κ2) is 3.85. The molecule has 2 N–H and O–H groups in total. The maximum Gasteiger partial charge on any atom is 0.159 e. The molecular weight excluding hydrogens is 236 g/mol. The molecule has 4 heteroatoms. The van der Waals surface area contributed by atoms with E-state index in [1.165, 1.54) is 0 Å². The maximum atomic E-state index is 5.52. The van der Waals surface area contributed by atoms with E-state index in [0.29, 0.717) is 6.54 Å². The molecule has 0 spiro atoms. The zero-order valence-electron chi connectivity index (χ0n) is 7.30. The second-order valence-electron chi connectivity index (χ2n) is 3.41. The van der Waals surface area contributed by atoms with E-state index in [2.05, 4.69) is 40.1 Å². The van der Waals surface area contributed by atoms with Crippen molar-refractivity contribution < 1.29 is 0 Å². The molecule has 0 atom stereocenters. The van der Waals surface area contributed by atoms with Gasteiger partial charge in [-0.1, -0.05) is 13.8 Å². The van der Waals surface area contributed by atoms with E-state index >= 15 is 0 Å². The molecule has 0 amide bonds. The predicted molar refractivity (Wildman–Crippen MR) is 56.5 cm³/mol. The molecule has 0 aliphatic rings. The maximum absolute atomic E-state index is 5.52. The molecule has 0 fully saturated rings. The third-order valence-electron chi connectivity index (χ3n) is 1.94. The lowest BCUT2D eigenvalue weighted by Gasteiger charge is -2.20. The molecule has 12 heavy (non-hydrogen) atoms. The Morgan fingerprint density at radius 3 is 2.75 bits per heavy atom. The molecule has 2 nitrogen and oxygen atoms in total. The van der Waals surface area contributed by atoms with Crippen LogP contribution < -0.4 is 5.73 Å². The van der Waals surface area contributed by atoms with Gasteiger partial charge in [0.1, 0.15) is 0 Å². The first kappa shape index (κ1) is 10.2. The molecule has 0 aromatic carbocycles. The van der Waals surface area contributed by atoms with Crippen LogP contribution in [0.3, 0.4) is 0 Å². The first-order valence-corrected chi connectivity index (χ1v) is 5.55. The van der Waals surface area contributed by atoms with Gasteiger partial charge in [0, 0.05) is 10.8 Å². The van der Waals surface area contributed by atoms with Crippen molar-refractivity contribution in [2.75, 3.05) is 6.54 Å². The van der Waals surface area contributed by atoms with Crippen LogP contribution in [0.15, 0.2) is 9.30 Å². The van der Waals surface area contributed by atoms with E-state index in [0.717, 1.165) is 16.0 Å². The minimum absolute atomic E-state index is 0.108. The van der Waals surface area contributed by atoms with E-state index in [1.807, 2.05) is 0 Å². The normalized spacial score (nSPS) is 12.0. The van der Waals surface area contributed by atoms with Crippen LogP contribution in [0.25, 0.3) is 0 Å². The fourth-order valence-electron chi connectivity index (χ4n) is 1.05. The number of thiazole rings is 1. The largest absolute Gasteiger partial charge is 0.330 e. The lowest BCUT2D eigenvalue weighted by molar-refractivity contribution is 0.475. The summed E-state index contributed by atoms with van der Waals surface area (Å²) >= 11 is 4.97. The second-order valence-corrected chi connectivity index (χ2v) is 5.54. The Bertz CT molecular complexity index is 257. The van der Waals surface area contributed by atoms with Gasteiger partial charge >= 0.3 is 0 Å². The molecule has 0 saturated carbocycles. The van der Waals surface area contributed by atoms with Crippen LogP contribution >= 0.6 is 27.3 Å². The van der Waals surface area contributed by atoms with Crippen LogP contribution in [0.4, 0.5) is 0 Å². The summed E-state index contributed by atoms with van der Waals surface area (Å²) in [5, 5.41) is 2.08. The molecule has 68 valence electrons. The zero-order valence-corrected chi connectivity index (χ0v) is 9.70. The van der Waals surface area contributed by atoms with Gasteiger partial charge in [0.25, 0.3) is 0 Å². The van der Waals surface area contributed by atoms with Crippen molar-refractivity contribution in [2.45, 2.75) is 25.7 Å². The minimum atomic E-state index is 0.108. The average Bonchev–Trinajstić information content (AvgIpc) is 2.36. The molecule has 1 aromatic heterocycles. The van der Waals surface area contributed by atoms with E-state index in [1.54, 1.807) is 11.3 Å². The lowest BCUT2D eigenvalue weighted by atomic mass is 9.86. The Morgan fingerprint density at radius 2 is 2.33 bits per heavy atom. The lowest BCUT2D eigenvalue weighted by Crippen LogP contribution is -2.21. The van der Waals surface area contributed by atoms with Gasteiger partial charge in [0.05, 0.1) is 5.69 Å². The summed E-state index contributed by atoms with van der Waals surface area (Å²) in [6, 6.07) is 0. The SMILES string of the molecule is CC(C)(CCN)c1csc(Br)n1. The topological polar surface area (TPSA) is 38.9 Å². The van der Waals surface area contributed by atoms with Crippen molar-refractivity contribution in [3.05, 3.63) is 15.0 Å². The van der Waals surface area contributed by atoms with Crippen LogP contribution in [-0.4, -0.2) is 11.5 Å². The van der Waals surface area contributed by atoms with Crippen LogP contribution in [0, 0.1) is 0 Å². The number of hydrogen-bond donors (Lipinski definition) is 1. The first-order valence-electron chi connectivity index (χ1n) is 3.88. The van der Waals surface area contributed by atoms with E-state index in [-0.39, 0.29) is 5.41 Å². The van der Waals surface area contributed by atoms with Gasteiger partial charge in [-0.2, -0.15) is 0 Å². The Labute approximate surface area is 85.3 Å². The number of aromatic nitrogens is 1. The molecule has 0 bridgehead atoms. The molecule has 0 radical (unpaired) electrons. The van der Waals surface area contributed by atoms with Crippen LogP contribution in [0.1, 0.15) is 26.0 Å². The van der Waals surface area contributed by atoms with Gasteiger partial charge in [-0.3, -0.25) is 0 Å². The molecule has 1 heterocycles. The Hall–Kier alpha value is 0.0700. The third kappa shape index (κ3) is 2.28. The molecule has 0 aliphatic carbocycles. The number of nitrogens with zero attached hydrogens (tertiary/aromatic N) is 1. The summed E-state index contributed by atoms with van der Waals surface area (Å²) in [4.78, 5) is 4.38. The van der Waals surface area contributed by atoms with E-state index in [4.69, 9.17) is 5.73 Å². The van der Waals surface area contributed by atoms with Crippen molar-refractivity contribution in [3.63, 3.8) is 0 Å². The van der Waals surface area contributed by atoms with Gasteiger partial charge in [0.15, 0.2) is 3.92 Å². The summed E-state index contributed by atoms with van der Waals surface area (Å²) < 4.78 is 0.947. The fourth-order valence-corrected chi connectivity index (χ4v) is 2.25. The molecule has 0 unspecified atom stereocenters. The smallest absolute Gasteiger partial charge is 0.159 e. The zero-order chi connectivity index (χ0) is 9.19. The standard InChI is InChI=1S/C8H13BrN2S/c1-8(2,3-4-10)6-5-12-7(9)11-6/h5H,3-4,10H2,1-2H3. The number of halogens is 1. The molecule has 0 saturated heterocycles. The minimum Gasteiger partial charge on any atom is -0.330 e. The summed E-state index contributed by atoms with van der Waals surface area (Å²) in [6.45, 7) is 5.05. The van der Waals surface area contributed by atoms with Crippen molar-refractivity contribution >= 4 is 27.3 Å². The quantitative estimate of drug-likeness (QED) is 0.894. The molecule has 0 aliphatic heterocycles.